The van der Waals surface area contributed by atoms with Gasteiger partial charge in [0.2, 0.25) is 7.37 Å². The fraction of sp³-hybridized carbons (Fsp3) is 0.438. The second-order valence-electron chi connectivity index (χ2n) is 10.3. The zero-order valence-corrected chi connectivity index (χ0v) is 27.3. The highest BCUT2D eigenvalue weighted by Crippen LogP contribution is 2.41. The van der Waals surface area contributed by atoms with Crippen molar-refractivity contribution < 1.29 is 19.0 Å². The number of unbranched alkanes of at least 4 members (excludes halogenated alkanes) is 1. The summed E-state index contributed by atoms with van der Waals surface area (Å²) in [7, 11) is 1.13. The highest BCUT2D eigenvalue weighted by Gasteiger charge is 2.15. The van der Waals surface area contributed by atoms with Gasteiger partial charge in [0, 0.05) is 36.7 Å². The number of imidazole rings is 1. The van der Waals surface area contributed by atoms with Crippen LogP contribution in [-0.4, -0.2) is 52.8 Å². The van der Waals surface area contributed by atoms with Gasteiger partial charge in [-0.15, -0.1) is 0 Å². The number of hydrogen-bond acceptors (Lipinski definition) is 5. The normalized spacial score (nSPS) is 12.0. The van der Waals surface area contributed by atoms with Gasteiger partial charge in [-0.25, -0.2) is 4.98 Å². The van der Waals surface area contributed by atoms with Gasteiger partial charge in [-0.05, 0) is 84.3 Å². The van der Waals surface area contributed by atoms with E-state index in [1.807, 2.05) is 52.6 Å². The average Bonchev–Trinajstić information content (AvgIpc) is 3.30. The van der Waals surface area contributed by atoms with Crippen molar-refractivity contribution in [3.63, 3.8) is 0 Å². The Morgan fingerprint density at radius 3 is 2.34 bits per heavy atom. The summed E-state index contributed by atoms with van der Waals surface area (Å²) in [6.07, 6.45) is 6.49. The zero-order valence-electron chi connectivity index (χ0n) is 25.6. The van der Waals surface area contributed by atoms with Crippen molar-refractivity contribution in [2.45, 2.75) is 60.0 Å². The standard InChI is InChI=1S/C14H16N2.C10H11ClO2.C8H20NO2P/c1-10(2)14-15-13(9-16(14)4)12-7-5-11(3)6-8-12;1-7(2)13-10-4-3-8(6-12)5-9(10)11;1-3-7-12(10,11)8-5-4-6-9-2/h5-9H,1H2,2-4H3;3-7H,1-2H3;9H,3-8H2,1-2H3,(H,10,11). The van der Waals surface area contributed by atoms with Crippen LogP contribution in [0, 0.1) is 6.92 Å². The molecule has 1 aromatic heterocycles. The number of aldehydes is 1. The second-order valence-corrected chi connectivity index (χ2v) is 13.3. The average molecular weight is 604 g/mol. The fourth-order valence-electron chi connectivity index (χ4n) is 3.79. The van der Waals surface area contributed by atoms with Crippen molar-refractivity contribution in [1.29, 1.82) is 0 Å². The SMILES string of the molecule is C=C(C)c1nc(-c2ccc(C)cc2)cn1C.CC(C)Oc1ccc(C=O)cc1Cl.CCCP(=O)(O)CCCCNC. The van der Waals surface area contributed by atoms with E-state index in [0.29, 0.717) is 28.7 Å². The Morgan fingerprint density at radius 1 is 1.20 bits per heavy atom. The number of carbonyl (C=O) groups is 1. The minimum atomic E-state index is -2.76. The van der Waals surface area contributed by atoms with E-state index in [-0.39, 0.29) is 6.10 Å². The Labute approximate surface area is 251 Å². The Morgan fingerprint density at radius 2 is 1.85 bits per heavy atom. The van der Waals surface area contributed by atoms with Crippen LogP contribution in [0.1, 0.15) is 68.7 Å². The van der Waals surface area contributed by atoms with Gasteiger partial charge in [-0.2, -0.15) is 0 Å². The third-order valence-corrected chi connectivity index (χ3v) is 8.27. The zero-order chi connectivity index (χ0) is 31.0. The monoisotopic (exact) mass is 603 g/mol. The summed E-state index contributed by atoms with van der Waals surface area (Å²) < 4.78 is 18.7. The molecule has 0 aliphatic rings. The smallest absolute Gasteiger partial charge is 0.200 e. The van der Waals surface area contributed by atoms with E-state index in [2.05, 4.69) is 48.1 Å². The molecular formula is C32H47ClN3O4P. The molecule has 9 heteroatoms. The highest BCUT2D eigenvalue weighted by atomic mass is 35.5. The Kier molecular flexibility index (Phi) is 16.5. The number of halogens is 1. The van der Waals surface area contributed by atoms with E-state index < -0.39 is 7.37 Å². The maximum absolute atomic E-state index is 11.3. The molecule has 1 heterocycles. The number of hydrogen-bond donors (Lipinski definition) is 2. The van der Waals surface area contributed by atoms with E-state index in [1.165, 1.54) is 5.56 Å². The lowest BCUT2D eigenvalue weighted by molar-refractivity contribution is 0.112. The van der Waals surface area contributed by atoms with Gasteiger partial charge in [0.15, 0.2) is 0 Å². The molecule has 0 saturated heterocycles. The molecule has 2 aromatic carbocycles. The van der Waals surface area contributed by atoms with E-state index in [9.17, 15) is 14.3 Å². The summed E-state index contributed by atoms with van der Waals surface area (Å²) in [5, 5.41) is 3.49. The summed E-state index contributed by atoms with van der Waals surface area (Å²) in [6.45, 7) is 14.7. The van der Waals surface area contributed by atoms with Crippen LogP contribution in [0.15, 0.2) is 55.2 Å². The number of nitrogens with zero attached hydrogens (tertiary/aromatic N) is 2. The predicted molar refractivity (Wildman–Crippen MR) is 174 cm³/mol. The first-order valence-electron chi connectivity index (χ1n) is 14.0. The van der Waals surface area contributed by atoms with Gasteiger partial charge in [-0.1, -0.05) is 54.9 Å². The Bertz CT molecular complexity index is 1270. The van der Waals surface area contributed by atoms with E-state index in [4.69, 9.17) is 16.3 Å². The number of carbonyl (C=O) groups excluding carboxylic acids is 1. The number of aromatic nitrogens is 2. The van der Waals surface area contributed by atoms with Gasteiger partial charge >= 0.3 is 0 Å². The van der Waals surface area contributed by atoms with E-state index >= 15 is 0 Å². The molecule has 226 valence electrons. The number of ether oxygens (including phenoxy) is 1. The molecule has 1 unspecified atom stereocenters. The van der Waals surface area contributed by atoms with E-state index in [0.717, 1.165) is 54.7 Å². The molecule has 0 bridgehead atoms. The first-order chi connectivity index (χ1) is 19.3. The fourth-order valence-corrected chi connectivity index (χ4v) is 5.66. The van der Waals surface area contributed by atoms with Gasteiger partial charge < -0.3 is 19.5 Å². The molecule has 0 radical (unpaired) electrons. The van der Waals surface area contributed by atoms with Crippen molar-refractivity contribution in [3.8, 4) is 17.0 Å². The Balaban J connectivity index is 0.000000312. The first kappa shape index (κ1) is 36.3. The molecule has 0 aliphatic heterocycles. The topological polar surface area (TPSA) is 93.5 Å². The number of rotatable bonds is 12. The Hall–Kier alpha value is -2.70. The van der Waals surface area contributed by atoms with Crippen molar-refractivity contribution in [1.82, 2.24) is 14.9 Å². The number of allylic oxidation sites excluding steroid dienone is 1. The largest absolute Gasteiger partial charge is 0.489 e. The summed E-state index contributed by atoms with van der Waals surface area (Å²) in [6, 6.07) is 13.4. The summed E-state index contributed by atoms with van der Waals surface area (Å²) in [4.78, 5) is 24.3. The molecule has 3 rings (SSSR count). The van der Waals surface area contributed by atoms with Gasteiger partial charge in [-0.3, -0.25) is 9.36 Å². The second kappa shape index (κ2) is 18.7. The maximum atomic E-state index is 11.3. The quantitative estimate of drug-likeness (QED) is 0.124. The lowest BCUT2D eigenvalue weighted by Crippen LogP contribution is -2.08. The molecule has 3 aromatic rings. The molecule has 0 fully saturated rings. The molecular weight excluding hydrogens is 557 g/mol. The summed E-state index contributed by atoms with van der Waals surface area (Å²) in [5.74, 6) is 1.55. The van der Waals surface area contributed by atoms with Crippen molar-refractivity contribution in [2.24, 2.45) is 7.05 Å². The van der Waals surface area contributed by atoms with Crippen LogP contribution >= 0.6 is 19.0 Å². The first-order valence-corrected chi connectivity index (χ1v) is 16.4. The summed E-state index contributed by atoms with van der Waals surface area (Å²) in [5.41, 5.74) is 4.95. The summed E-state index contributed by atoms with van der Waals surface area (Å²) >= 11 is 5.87. The van der Waals surface area contributed by atoms with Crippen molar-refractivity contribution in [3.05, 3.63) is 77.2 Å². The van der Waals surface area contributed by atoms with Gasteiger partial charge in [0.1, 0.15) is 17.9 Å². The molecule has 0 spiro atoms. The third-order valence-electron chi connectivity index (χ3n) is 5.82. The molecule has 7 nitrogen and oxygen atoms in total. The number of nitrogens with one attached hydrogen (secondary N) is 1. The lowest BCUT2D eigenvalue weighted by Gasteiger charge is -2.10. The highest BCUT2D eigenvalue weighted by molar-refractivity contribution is 7.57. The van der Waals surface area contributed by atoms with Crippen LogP contribution < -0.4 is 10.1 Å². The molecule has 0 saturated carbocycles. The van der Waals surface area contributed by atoms with Crippen molar-refractivity contribution >= 4 is 30.8 Å². The number of aryl methyl sites for hydroxylation is 2. The molecule has 0 amide bonds. The van der Waals surface area contributed by atoms with Crippen LogP contribution in [0.3, 0.4) is 0 Å². The predicted octanol–water partition coefficient (Wildman–Crippen LogP) is 8.03. The molecule has 1 atom stereocenters. The third kappa shape index (κ3) is 14.2. The van der Waals surface area contributed by atoms with Crippen LogP contribution in [-0.2, 0) is 11.6 Å². The molecule has 2 N–H and O–H groups in total. The van der Waals surface area contributed by atoms with Crippen LogP contribution in [0.25, 0.3) is 16.8 Å². The molecule has 0 aliphatic carbocycles. The van der Waals surface area contributed by atoms with Crippen LogP contribution in [0.5, 0.6) is 5.75 Å². The van der Waals surface area contributed by atoms with Gasteiger partial charge in [0.05, 0.1) is 16.8 Å². The van der Waals surface area contributed by atoms with Gasteiger partial charge in [0.25, 0.3) is 0 Å². The maximum Gasteiger partial charge on any atom is 0.200 e. The number of benzene rings is 2. The molecule has 41 heavy (non-hydrogen) atoms. The van der Waals surface area contributed by atoms with Crippen LogP contribution in [0.4, 0.5) is 0 Å². The minimum Gasteiger partial charge on any atom is -0.489 e. The van der Waals surface area contributed by atoms with Crippen molar-refractivity contribution in [2.75, 3.05) is 25.9 Å². The van der Waals surface area contributed by atoms with E-state index in [1.54, 1.807) is 18.2 Å². The minimum absolute atomic E-state index is 0.0829. The van der Waals surface area contributed by atoms with Crippen LogP contribution in [0.2, 0.25) is 5.02 Å². The lowest BCUT2D eigenvalue weighted by atomic mass is 10.1.